The lowest BCUT2D eigenvalue weighted by Crippen LogP contribution is -2.44. The maximum Gasteiger partial charge on any atom is 0.273 e. The highest BCUT2D eigenvalue weighted by Gasteiger charge is 2.25. The number of nitrogens with one attached hydrogen (secondary N) is 2. The number of aromatic nitrogens is 2. The van der Waals surface area contributed by atoms with Crippen LogP contribution in [0.5, 0.6) is 0 Å². The lowest BCUT2D eigenvalue weighted by molar-refractivity contribution is -0.122. The molecule has 2 N–H and O–H groups in total. The number of aromatic amines is 1. The van der Waals surface area contributed by atoms with E-state index < -0.39 is 11.1 Å². The van der Waals surface area contributed by atoms with Crippen LogP contribution in [0.4, 0.5) is 0 Å². The summed E-state index contributed by atoms with van der Waals surface area (Å²) in [7, 11) is 0. The largest absolute Gasteiger partial charge is 0.465 e. The van der Waals surface area contributed by atoms with Crippen molar-refractivity contribution in [2.75, 3.05) is 32.8 Å². The van der Waals surface area contributed by atoms with E-state index >= 15 is 0 Å². The minimum atomic E-state index is -0.410. The number of benzene rings is 1. The zero-order valence-corrected chi connectivity index (χ0v) is 16.7. The molecule has 1 fully saturated rings. The van der Waals surface area contributed by atoms with Gasteiger partial charge in [0, 0.05) is 19.6 Å². The molecule has 1 amide bonds. The Bertz CT molecular complexity index is 1160. The molecule has 30 heavy (non-hydrogen) atoms. The number of hydrogen-bond acceptors (Lipinski definition) is 6. The topological polar surface area (TPSA) is 110 Å². The van der Waals surface area contributed by atoms with Gasteiger partial charge in [-0.15, -0.1) is 0 Å². The first-order valence-electron chi connectivity index (χ1n) is 9.89. The van der Waals surface area contributed by atoms with Crippen molar-refractivity contribution >= 4 is 16.7 Å². The summed E-state index contributed by atoms with van der Waals surface area (Å²) < 4.78 is 12.3. The second kappa shape index (κ2) is 8.68. The van der Waals surface area contributed by atoms with Gasteiger partial charge >= 0.3 is 0 Å². The Morgan fingerprint density at radius 3 is 2.57 bits per heavy atom. The number of morpholine rings is 1. The first-order valence-corrected chi connectivity index (χ1v) is 9.89. The molecule has 1 saturated heterocycles. The first-order chi connectivity index (χ1) is 14.5. The summed E-state index contributed by atoms with van der Waals surface area (Å²) in [4.78, 5) is 39.6. The van der Waals surface area contributed by atoms with Crippen LogP contribution in [0.2, 0.25) is 0 Å². The number of carbonyl (C=O) groups excluding carboxylic acids is 1. The van der Waals surface area contributed by atoms with Gasteiger partial charge in [0.25, 0.3) is 11.1 Å². The second-order valence-corrected chi connectivity index (χ2v) is 7.29. The maximum atomic E-state index is 12.6. The molecule has 3 heterocycles. The SMILES string of the molecule is Cc1ccc(C(CNC(=O)Cn2[nH]c(=O)c3ccccc3c2=O)N2CCOCC2)o1. The number of furan rings is 1. The Morgan fingerprint density at radius 1 is 1.13 bits per heavy atom. The number of hydrogen-bond donors (Lipinski definition) is 2. The fourth-order valence-electron chi connectivity index (χ4n) is 3.70. The van der Waals surface area contributed by atoms with Gasteiger partial charge in [-0.05, 0) is 31.2 Å². The van der Waals surface area contributed by atoms with Crippen LogP contribution >= 0.6 is 0 Å². The van der Waals surface area contributed by atoms with E-state index in [1.165, 1.54) is 0 Å². The summed E-state index contributed by atoms with van der Waals surface area (Å²) in [6.45, 7) is 4.64. The van der Waals surface area contributed by atoms with Gasteiger partial charge in [0.2, 0.25) is 5.91 Å². The van der Waals surface area contributed by atoms with Gasteiger partial charge in [-0.3, -0.25) is 24.4 Å². The zero-order chi connectivity index (χ0) is 21.1. The van der Waals surface area contributed by atoms with Crippen LogP contribution < -0.4 is 16.4 Å². The first kappa shape index (κ1) is 20.1. The number of fused-ring (bicyclic) bond motifs is 1. The third-order valence-electron chi connectivity index (χ3n) is 5.25. The van der Waals surface area contributed by atoms with Crippen molar-refractivity contribution in [2.24, 2.45) is 0 Å². The highest BCUT2D eigenvalue weighted by atomic mass is 16.5. The van der Waals surface area contributed by atoms with E-state index in [9.17, 15) is 14.4 Å². The summed E-state index contributed by atoms with van der Waals surface area (Å²) >= 11 is 0. The van der Waals surface area contributed by atoms with E-state index in [1.54, 1.807) is 24.3 Å². The average Bonchev–Trinajstić information content (AvgIpc) is 3.19. The second-order valence-electron chi connectivity index (χ2n) is 7.29. The predicted molar refractivity (Wildman–Crippen MR) is 110 cm³/mol. The van der Waals surface area contributed by atoms with Gasteiger partial charge < -0.3 is 14.5 Å². The number of amides is 1. The lowest BCUT2D eigenvalue weighted by Gasteiger charge is -2.33. The monoisotopic (exact) mass is 412 g/mol. The Morgan fingerprint density at radius 2 is 1.87 bits per heavy atom. The number of ether oxygens (including phenoxy) is 1. The highest BCUT2D eigenvalue weighted by molar-refractivity contribution is 5.81. The van der Waals surface area contributed by atoms with Crippen molar-refractivity contribution in [3.05, 3.63) is 68.6 Å². The molecular weight excluding hydrogens is 388 g/mol. The number of rotatable bonds is 6. The van der Waals surface area contributed by atoms with E-state index in [0.29, 0.717) is 25.1 Å². The predicted octanol–water partition coefficient (Wildman–Crippen LogP) is 0.781. The minimum Gasteiger partial charge on any atom is -0.465 e. The van der Waals surface area contributed by atoms with Crippen LogP contribution in [0, 0.1) is 6.92 Å². The van der Waals surface area contributed by atoms with Crippen molar-refractivity contribution in [3.8, 4) is 0 Å². The molecule has 1 aliphatic rings. The van der Waals surface area contributed by atoms with Crippen molar-refractivity contribution in [1.29, 1.82) is 0 Å². The number of nitrogens with zero attached hydrogens (tertiary/aromatic N) is 2. The molecule has 0 bridgehead atoms. The fourth-order valence-corrected chi connectivity index (χ4v) is 3.70. The molecule has 1 aliphatic heterocycles. The number of carbonyl (C=O) groups is 1. The summed E-state index contributed by atoms with van der Waals surface area (Å²) in [6.07, 6.45) is 0. The standard InChI is InChI=1S/C21H24N4O5/c1-14-6-7-18(30-14)17(24-8-10-29-11-9-24)12-22-19(26)13-25-21(28)16-5-3-2-4-15(16)20(27)23-25/h2-7,17H,8-13H2,1H3,(H,22,26)(H,23,27). The Balaban J connectivity index is 1.49. The lowest BCUT2D eigenvalue weighted by atomic mass is 10.1. The molecule has 158 valence electrons. The van der Waals surface area contributed by atoms with Gasteiger partial charge in [-0.1, -0.05) is 12.1 Å². The smallest absolute Gasteiger partial charge is 0.273 e. The Hall–Kier alpha value is -3.17. The minimum absolute atomic E-state index is 0.140. The quantitative estimate of drug-likeness (QED) is 0.619. The molecule has 1 atom stereocenters. The van der Waals surface area contributed by atoms with Crippen molar-refractivity contribution in [2.45, 2.75) is 19.5 Å². The van der Waals surface area contributed by atoms with E-state index in [1.807, 2.05) is 19.1 Å². The molecule has 0 radical (unpaired) electrons. The molecule has 0 aliphatic carbocycles. The van der Waals surface area contributed by atoms with Gasteiger partial charge in [0.05, 0.1) is 30.0 Å². The Labute approximate surface area is 172 Å². The molecule has 4 rings (SSSR count). The van der Waals surface area contributed by atoms with Crippen molar-refractivity contribution in [1.82, 2.24) is 20.0 Å². The van der Waals surface area contributed by atoms with Gasteiger partial charge in [0.1, 0.15) is 18.1 Å². The highest BCUT2D eigenvalue weighted by Crippen LogP contribution is 2.23. The summed E-state index contributed by atoms with van der Waals surface area (Å²) in [5.74, 6) is 1.20. The molecule has 3 aromatic rings. The number of H-pyrrole nitrogens is 1. The molecule has 9 nitrogen and oxygen atoms in total. The number of aryl methyl sites for hydroxylation is 1. The van der Waals surface area contributed by atoms with E-state index in [4.69, 9.17) is 9.15 Å². The summed E-state index contributed by atoms with van der Waals surface area (Å²) in [5, 5.41) is 5.93. The molecule has 0 spiro atoms. The molecule has 1 aromatic carbocycles. The molecule has 9 heteroatoms. The zero-order valence-electron chi connectivity index (χ0n) is 16.7. The van der Waals surface area contributed by atoms with E-state index in [2.05, 4.69) is 15.3 Å². The summed E-state index contributed by atoms with van der Waals surface area (Å²) in [5.41, 5.74) is -0.818. The van der Waals surface area contributed by atoms with Crippen LogP contribution in [0.3, 0.4) is 0 Å². The van der Waals surface area contributed by atoms with E-state index in [0.717, 1.165) is 29.3 Å². The normalized spacial score (nSPS) is 15.9. The summed E-state index contributed by atoms with van der Waals surface area (Å²) in [6, 6.07) is 10.2. The van der Waals surface area contributed by atoms with Crippen LogP contribution in [0.25, 0.3) is 10.8 Å². The van der Waals surface area contributed by atoms with Gasteiger partial charge in [-0.25, -0.2) is 4.68 Å². The van der Waals surface area contributed by atoms with Gasteiger partial charge in [-0.2, -0.15) is 0 Å². The maximum absolute atomic E-state index is 12.6. The van der Waals surface area contributed by atoms with Crippen LogP contribution in [-0.2, 0) is 16.1 Å². The fraction of sp³-hybridized carbons (Fsp3) is 0.381. The van der Waals surface area contributed by atoms with Crippen molar-refractivity contribution in [3.63, 3.8) is 0 Å². The third-order valence-corrected chi connectivity index (χ3v) is 5.25. The molecule has 0 saturated carbocycles. The molecular formula is C21H24N4O5. The van der Waals surface area contributed by atoms with Gasteiger partial charge in [0.15, 0.2) is 0 Å². The van der Waals surface area contributed by atoms with Crippen LogP contribution in [-0.4, -0.2) is 53.4 Å². The van der Waals surface area contributed by atoms with Crippen molar-refractivity contribution < 1.29 is 13.9 Å². The van der Waals surface area contributed by atoms with Crippen LogP contribution in [0.1, 0.15) is 17.6 Å². The molecule has 2 aromatic heterocycles. The van der Waals surface area contributed by atoms with Crippen LogP contribution in [0.15, 0.2) is 50.4 Å². The Kier molecular flexibility index (Phi) is 5.82. The third kappa shape index (κ3) is 4.22. The molecule has 1 unspecified atom stereocenters. The average molecular weight is 412 g/mol. The van der Waals surface area contributed by atoms with E-state index in [-0.39, 0.29) is 23.9 Å².